The molecule has 2 heterocycles. The first-order valence-corrected chi connectivity index (χ1v) is 10.2. The van der Waals surface area contributed by atoms with Crippen LogP contribution >= 0.6 is 0 Å². The molecule has 1 aliphatic heterocycles. The molecule has 5 nitrogen and oxygen atoms in total. The van der Waals surface area contributed by atoms with Crippen LogP contribution in [-0.4, -0.2) is 40.8 Å². The number of amides is 1. The second kappa shape index (κ2) is 7.95. The summed E-state index contributed by atoms with van der Waals surface area (Å²) in [6.07, 6.45) is 14.6. The van der Waals surface area contributed by atoms with Crippen LogP contribution in [0.1, 0.15) is 62.1 Å². The van der Waals surface area contributed by atoms with Crippen LogP contribution < -0.4 is 0 Å². The van der Waals surface area contributed by atoms with Crippen LogP contribution in [0.4, 0.5) is 0 Å². The monoisotopic (exact) mass is 357 g/mol. The Kier molecular flexibility index (Phi) is 5.44. The number of nitrogens with zero attached hydrogens (tertiary/aromatic N) is 3. The molecule has 0 bridgehead atoms. The summed E-state index contributed by atoms with van der Waals surface area (Å²) in [6, 6.07) is 0. The molecule has 1 amide bonds. The van der Waals surface area contributed by atoms with Gasteiger partial charge in [0.15, 0.2) is 0 Å². The first-order chi connectivity index (χ1) is 12.7. The molecule has 0 radical (unpaired) electrons. The van der Waals surface area contributed by atoms with E-state index in [1.54, 1.807) is 7.11 Å². The van der Waals surface area contributed by atoms with Crippen molar-refractivity contribution in [2.75, 3.05) is 20.3 Å². The van der Waals surface area contributed by atoms with Gasteiger partial charge in [0.25, 0.3) is 0 Å². The van der Waals surface area contributed by atoms with E-state index in [9.17, 15) is 4.79 Å². The van der Waals surface area contributed by atoms with Crippen molar-refractivity contribution in [1.82, 2.24) is 14.7 Å². The second-order valence-corrected chi connectivity index (χ2v) is 8.28. The fourth-order valence-electron chi connectivity index (χ4n) is 4.98. The van der Waals surface area contributed by atoms with Gasteiger partial charge in [-0.05, 0) is 37.5 Å². The lowest BCUT2D eigenvalue weighted by Crippen LogP contribution is -2.40. The minimum absolute atomic E-state index is 0.232. The van der Waals surface area contributed by atoms with Gasteiger partial charge in [0.05, 0.1) is 18.5 Å². The van der Waals surface area contributed by atoms with Crippen LogP contribution in [0.2, 0.25) is 0 Å². The maximum atomic E-state index is 12.8. The van der Waals surface area contributed by atoms with Gasteiger partial charge in [0.1, 0.15) is 0 Å². The third-order valence-corrected chi connectivity index (χ3v) is 6.32. The molecule has 0 N–H and O–H groups in total. The Labute approximate surface area is 156 Å². The normalized spacial score (nSPS) is 25.8. The topological polar surface area (TPSA) is 47.4 Å². The average Bonchev–Trinajstić information content (AvgIpc) is 3.38. The van der Waals surface area contributed by atoms with E-state index in [0.717, 1.165) is 31.8 Å². The number of fused-ring (bicyclic) bond motifs is 1. The van der Waals surface area contributed by atoms with Gasteiger partial charge in [-0.2, -0.15) is 5.10 Å². The zero-order valence-electron chi connectivity index (χ0n) is 15.9. The van der Waals surface area contributed by atoms with Crippen LogP contribution in [0, 0.1) is 11.8 Å². The summed E-state index contributed by atoms with van der Waals surface area (Å²) in [5.74, 6) is 1.69. The quantitative estimate of drug-likeness (QED) is 0.732. The fraction of sp³-hybridized carbons (Fsp3) is 0.714. The van der Waals surface area contributed by atoms with Crippen LogP contribution in [0.5, 0.6) is 0 Å². The van der Waals surface area contributed by atoms with E-state index in [4.69, 9.17) is 9.84 Å². The van der Waals surface area contributed by atoms with Gasteiger partial charge in [0.2, 0.25) is 5.91 Å². The van der Waals surface area contributed by atoms with E-state index in [2.05, 4.69) is 16.8 Å². The standard InChI is InChI=1S/C21H31N3O2/c1-26-15-19-14-23(20(25)10-16-6-2-3-7-16)13-18-11-22-24(21(18)19)12-17-8-4-5-9-17/h2,6,11,16-17,19H,3-5,7-10,12-15H2,1H3/t16-,19+/m0/s1. The number of carbonyl (C=O) groups is 1. The summed E-state index contributed by atoms with van der Waals surface area (Å²) < 4.78 is 7.72. The first kappa shape index (κ1) is 17.8. The highest BCUT2D eigenvalue weighted by atomic mass is 16.5. The Balaban J connectivity index is 1.48. The van der Waals surface area contributed by atoms with Gasteiger partial charge in [0, 0.05) is 44.6 Å². The summed E-state index contributed by atoms with van der Waals surface area (Å²) in [7, 11) is 1.75. The van der Waals surface area contributed by atoms with Crippen molar-refractivity contribution in [3.05, 3.63) is 29.6 Å². The highest BCUT2D eigenvalue weighted by molar-refractivity contribution is 5.77. The molecule has 3 aliphatic rings. The lowest BCUT2D eigenvalue weighted by Gasteiger charge is -2.34. The predicted molar refractivity (Wildman–Crippen MR) is 101 cm³/mol. The van der Waals surface area contributed by atoms with Gasteiger partial charge in [-0.3, -0.25) is 9.48 Å². The van der Waals surface area contributed by atoms with E-state index in [-0.39, 0.29) is 11.8 Å². The first-order valence-electron chi connectivity index (χ1n) is 10.2. The molecule has 0 saturated heterocycles. The highest BCUT2D eigenvalue weighted by Gasteiger charge is 2.33. The number of hydrogen-bond donors (Lipinski definition) is 0. The van der Waals surface area contributed by atoms with E-state index >= 15 is 0 Å². The van der Waals surface area contributed by atoms with Gasteiger partial charge in [-0.25, -0.2) is 0 Å². The summed E-state index contributed by atoms with van der Waals surface area (Å²) in [4.78, 5) is 14.9. The maximum absolute atomic E-state index is 12.8. The fourth-order valence-corrected chi connectivity index (χ4v) is 4.98. The Morgan fingerprint density at radius 2 is 2.15 bits per heavy atom. The molecule has 2 aliphatic carbocycles. The third-order valence-electron chi connectivity index (χ3n) is 6.32. The van der Waals surface area contributed by atoms with Crippen molar-refractivity contribution in [3.8, 4) is 0 Å². The highest BCUT2D eigenvalue weighted by Crippen LogP contribution is 2.33. The predicted octanol–water partition coefficient (Wildman–Crippen LogP) is 3.50. The van der Waals surface area contributed by atoms with Crippen molar-refractivity contribution in [1.29, 1.82) is 0 Å². The molecule has 4 rings (SSSR count). The van der Waals surface area contributed by atoms with Gasteiger partial charge in [-0.1, -0.05) is 25.0 Å². The lowest BCUT2D eigenvalue weighted by molar-refractivity contribution is -0.133. The molecule has 5 heteroatoms. The Morgan fingerprint density at radius 3 is 2.88 bits per heavy atom. The smallest absolute Gasteiger partial charge is 0.223 e. The third kappa shape index (κ3) is 3.73. The Hall–Kier alpha value is -1.62. The molecule has 1 aromatic rings. The maximum Gasteiger partial charge on any atom is 0.223 e. The zero-order valence-corrected chi connectivity index (χ0v) is 15.9. The lowest BCUT2D eigenvalue weighted by atomic mass is 9.95. The van der Waals surface area contributed by atoms with Crippen molar-refractivity contribution in [2.45, 2.75) is 64.0 Å². The largest absolute Gasteiger partial charge is 0.384 e. The summed E-state index contributed by atoms with van der Waals surface area (Å²) in [5, 5.41) is 4.70. The number of aromatic nitrogens is 2. The van der Waals surface area contributed by atoms with Crippen molar-refractivity contribution in [2.24, 2.45) is 11.8 Å². The van der Waals surface area contributed by atoms with Crippen LogP contribution in [0.25, 0.3) is 0 Å². The molecule has 0 spiro atoms. The van der Waals surface area contributed by atoms with E-state index in [0.29, 0.717) is 25.5 Å². The van der Waals surface area contributed by atoms with Crippen molar-refractivity contribution >= 4 is 5.91 Å². The molecule has 2 atom stereocenters. The van der Waals surface area contributed by atoms with Crippen LogP contribution in [-0.2, 0) is 22.6 Å². The zero-order chi connectivity index (χ0) is 17.9. The summed E-state index contributed by atoms with van der Waals surface area (Å²) >= 11 is 0. The number of carbonyl (C=O) groups excluding carboxylic acids is 1. The molecule has 26 heavy (non-hydrogen) atoms. The van der Waals surface area contributed by atoms with Gasteiger partial charge in [-0.15, -0.1) is 0 Å². The van der Waals surface area contributed by atoms with Crippen molar-refractivity contribution < 1.29 is 9.53 Å². The van der Waals surface area contributed by atoms with Gasteiger partial charge >= 0.3 is 0 Å². The van der Waals surface area contributed by atoms with E-state index in [1.165, 1.54) is 36.9 Å². The van der Waals surface area contributed by atoms with Crippen LogP contribution in [0.3, 0.4) is 0 Å². The summed E-state index contributed by atoms with van der Waals surface area (Å²) in [5.41, 5.74) is 2.52. The molecular formula is C21H31N3O2. The SMILES string of the molecule is COC[C@H]1CN(C(=O)C[C@H]2C=CCC2)Cc2cnn(CC3CCCC3)c21. The van der Waals surface area contributed by atoms with Gasteiger partial charge < -0.3 is 9.64 Å². The molecular weight excluding hydrogens is 326 g/mol. The number of ether oxygens (including phenoxy) is 1. The molecule has 0 unspecified atom stereocenters. The van der Waals surface area contributed by atoms with Crippen molar-refractivity contribution in [3.63, 3.8) is 0 Å². The molecule has 1 fully saturated rings. The second-order valence-electron chi connectivity index (χ2n) is 8.28. The average molecular weight is 357 g/mol. The summed E-state index contributed by atoms with van der Waals surface area (Å²) in [6.45, 7) is 3.13. The Morgan fingerprint density at radius 1 is 1.31 bits per heavy atom. The molecule has 0 aromatic carbocycles. The number of rotatable bonds is 6. The molecule has 1 saturated carbocycles. The molecule has 142 valence electrons. The van der Waals surface area contributed by atoms with E-state index in [1.807, 2.05) is 11.1 Å². The number of hydrogen-bond acceptors (Lipinski definition) is 3. The number of methoxy groups -OCH3 is 1. The van der Waals surface area contributed by atoms with E-state index < -0.39 is 0 Å². The molecule has 1 aromatic heterocycles. The van der Waals surface area contributed by atoms with Crippen LogP contribution in [0.15, 0.2) is 18.3 Å². The number of allylic oxidation sites excluding steroid dienone is 2. The Bertz CT molecular complexity index is 660. The minimum atomic E-state index is 0.232. The minimum Gasteiger partial charge on any atom is -0.384 e.